The lowest BCUT2D eigenvalue weighted by Gasteiger charge is -2.14. The van der Waals surface area contributed by atoms with Gasteiger partial charge in [-0.25, -0.2) is 15.0 Å². The van der Waals surface area contributed by atoms with E-state index in [2.05, 4.69) is 126 Å². The molecular formula is C49H33N5. The predicted molar refractivity (Wildman–Crippen MR) is 219 cm³/mol. The van der Waals surface area contributed by atoms with Crippen LogP contribution in [0.2, 0.25) is 0 Å². The van der Waals surface area contributed by atoms with Crippen molar-refractivity contribution in [2.24, 2.45) is 0 Å². The van der Waals surface area contributed by atoms with Crippen LogP contribution >= 0.6 is 0 Å². The van der Waals surface area contributed by atoms with Crippen molar-refractivity contribution < 1.29 is 0 Å². The van der Waals surface area contributed by atoms with Gasteiger partial charge in [0.1, 0.15) is 0 Å². The Labute approximate surface area is 314 Å². The summed E-state index contributed by atoms with van der Waals surface area (Å²) in [4.78, 5) is 24.7. The molecule has 9 rings (SSSR count). The van der Waals surface area contributed by atoms with Gasteiger partial charge in [0.2, 0.25) is 0 Å². The molecule has 5 nitrogen and oxygen atoms in total. The number of hydrogen-bond acceptors (Lipinski definition) is 5. The Morgan fingerprint density at radius 2 is 0.815 bits per heavy atom. The Bertz CT molecular complexity index is 2580. The summed E-state index contributed by atoms with van der Waals surface area (Å²) in [5.74, 6) is 0.694. The van der Waals surface area contributed by atoms with E-state index in [1.54, 1.807) is 6.20 Å². The Morgan fingerprint density at radius 3 is 1.52 bits per heavy atom. The van der Waals surface area contributed by atoms with E-state index in [0.29, 0.717) is 5.82 Å². The molecule has 4 heterocycles. The molecule has 0 bridgehead atoms. The van der Waals surface area contributed by atoms with Crippen LogP contribution < -0.4 is 0 Å². The van der Waals surface area contributed by atoms with Crippen molar-refractivity contribution >= 4 is 0 Å². The van der Waals surface area contributed by atoms with Crippen LogP contribution in [0, 0.1) is 0 Å². The molecule has 0 unspecified atom stereocenters. The number of hydrogen-bond donors (Lipinski definition) is 0. The largest absolute Gasteiger partial charge is 0.255 e. The highest BCUT2D eigenvalue weighted by Gasteiger charge is 2.16. The van der Waals surface area contributed by atoms with Crippen LogP contribution in [0.25, 0.3) is 90.1 Å². The third kappa shape index (κ3) is 6.82. The lowest BCUT2D eigenvalue weighted by atomic mass is 9.95. The van der Waals surface area contributed by atoms with Gasteiger partial charge in [-0.05, 0) is 76.3 Å². The van der Waals surface area contributed by atoms with Gasteiger partial charge in [0.15, 0.2) is 5.82 Å². The fourth-order valence-corrected chi connectivity index (χ4v) is 6.73. The van der Waals surface area contributed by atoms with Crippen molar-refractivity contribution in [3.63, 3.8) is 0 Å². The summed E-state index contributed by atoms with van der Waals surface area (Å²) >= 11 is 0. The molecule has 0 saturated carbocycles. The molecule has 54 heavy (non-hydrogen) atoms. The summed E-state index contributed by atoms with van der Waals surface area (Å²) in [5, 5.41) is 0. The van der Waals surface area contributed by atoms with Crippen molar-refractivity contribution in [1.82, 2.24) is 24.9 Å². The molecule has 0 fully saturated rings. The van der Waals surface area contributed by atoms with Gasteiger partial charge in [-0.15, -0.1) is 0 Å². The standard InChI is InChI=1S/C49H33N5/c1-4-15-34(16-5-1)41-31-46(43-26-10-11-27-50-43)52-47(32-41)48-42(25-14-28-51-48)39-23-12-21-37(29-39)38-22-13-24-40(30-38)45-33-44(35-17-6-2-7-18-35)53-49(54-45)36-19-8-3-9-20-36/h1-33H. The molecule has 9 aromatic rings. The quantitative estimate of drug-likeness (QED) is 0.159. The van der Waals surface area contributed by atoms with Gasteiger partial charge in [-0.3, -0.25) is 9.97 Å². The van der Waals surface area contributed by atoms with Crippen LogP contribution in [0.15, 0.2) is 200 Å². The van der Waals surface area contributed by atoms with E-state index in [9.17, 15) is 0 Å². The highest BCUT2D eigenvalue weighted by atomic mass is 14.9. The Hall–Kier alpha value is -7.37. The zero-order chi connectivity index (χ0) is 36.1. The number of aromatic nitrogens is 5. The van der Waals surface area contributed by atoms with Crippen molar-refractivity contribution in [2.45, 2.75) is 0 Å². The van der Waals surface area contributed by atoms with Gasteiger partial charge in [-0.2, -0.15) is 0 Å². The smallest absolute Gasteiger partial charge is 0.160 e. The van der Waals surface area contributed by atoms with Gasteiger partial charge >= 0.3 is 0 Å². The first-order valence-electron chi connectivity index (χ1n) is 17.9. The molecule has 0 saturated heterocycles. The molecular weight excluding hydrogens is 659 g/mol. The summed E-state index contributed by atoms with van der Waals surface area (Å²) < 4.78 is 0. The Morgan fingerprint density at radius 1 is 0.259 bits per heavy atom. The first kappa shape index (κ1) is 32.5. The molecule has 0 aliphatic heterocycles. The summed E-state index contributed by atoms with van der Waals surface area (Å²) in [6.45, 7) is 0. The van der Waals surface area contributed by atoms with Gasteiger partial charge < -0.3 is 0 Å². The highest BCUT2D eigenvalue weighted by molar-refractivity contribution is 5.85. The second-order valence-electron chi connectivity index (χ2n) is 13.0. The molecule has 5 aromatic carbocycles. The molecule has 0 amide bonds. The molecule has 254 valence electrons. The van der Waals surface area contributed by atoms with Crippen LogP contribution in [0.4, 0.5) is 0 Å². The summed E-state index contributed by atoms with van der Waals surface area (Å²) in [6, 6.07) is 64.3. The number of rotatable bonds is 8. The molecule has 4 aromatic heterocycles. The normalized spacial score (nSPS) is 11.0. The SMILES string of the molecule is c1ccc(-c2cc(-c3ccccn3)nc(-c3ncccc3-c3cccc(-c4cccc(-c5cc(-c6ccccc6)nc(-c6ccccc6)n5)c4)c3)c2)cc1. The first-order chi connectivity index (χ1) is 26.7. The minimum Gasteiger partial charge on any atom is -0.255 e. The molecule has 0 aliphatic rings. The van der Waals surface area contributed by atoms with E-state index in [1.807, 2.05) is 72.9 Å². The van der Waals surface area contributed by atoms with Crippen molar-refractivity contribution in [2.75, 3.05) is 0 Å². The lowest BCUT2D eigenvalue weighted by molar-refractivity contribution is 1.18. The van der Waals surface area contributed by atoms with E-state index in [-0.39, 0.29) is 0 Å². The average Bonchev–Trinajstić information content (AvgIpc) is 3.27. The molecule has 0 radical (unpaired) electrons. The molecule has 0 aliphatic carbocycles. The van der Waals surface area contributed by atoms with Crippen LogP contribution in [0.1, 0.15) is 0 Å². The predicted octanol–water partition coefficient (Wildman–Crippen LogP) is 12.0. The van der Waals surface area contributed by atoms with E-state index < -0.39 is 0 Å². The van der Waals surface area contributed by atoms with Crippen molar-refractivity contribution in [1.29, 1.82) is 0 Å². The molecule has 5 heteroatoms. The number of benzene rings is 5. The number of nitrogens with zero attached hydrogens (tertiary/aromatic N) is 5. The molecule has 0 atom stereocenters. The summed E-state index contributed by atoms with van der Waals surface area (Å²) in [5.41, 5.74) is 14.4. The fourth-order valence-electron chi connectivity index (χ4n) is 6.73. The Kier molecular flexibility index (Phi) is 8.86. The molecule has 0 N–H and O–H groups in total. The van der Waals surface area contributed by atoms with Crippen LogP contribution in [-0.2, 0) is 0 Å². The third-order valence-corrected chi connectivity index (χ3v) is 9.40. The van der Waals surface area contributed by atoms with E-state index >= 15 is 0 Å². The first-order valence-corrected chi connectivity index (χ1v) is 17.9. The Balaban J connectivity index is 1.12. The second kappa shape index (κ2) is 14.7. The van der Waals surface area contributed by atoms with E-state index in [0.717, 1.165) is 84.2 Å². The minimum absolute atomic E-state index is 0.694. The molecule has 0 spiro atoms. The van der Waals surface area contributed by atoms with Crippen LogP contribution in [0.5, 0.6) is 0 Å². The van der Waals surface area contributed by atoms with Gasteiger partial charge in [0.25, 0.3) is 0 Å². The maximum Gasteiger partial charge on any atom is 0.160 e. The number of pyridine rings is 3. The van der Waals surface area contributed by atoms with Crippen LogP contribution in [0.3, 0.4) is 0 Å². The van der Waals surface area contributed by atoms with E-state index in [1.165, 1.54) is 0 Å². The summed E-state index contributed by atoms with van der Waals surface area (Å²) in [7, 11) is 0. The average molecular weight is 692 g/mol. The van der Waals surface area contributed by atoms with Crippen LogP contribution in [-0.4, -0.2) is 24.9 Å². The monoisotopic (exact) mass is 691 g/mol. The van der Waals surface area contributed by atoms with Crippen molar-refractivity contribution in [3.05, 3.63) is 200 Å². The van der Waals surface area contributed by atoms with Crippen molar-refractivity contribution in [3.8, 4) is 90.1 Å². The third-order valence-electron chi connectivity index (χ3n) is 9.40. The van der Waals surface area contributed by atoms with Gasteiger partial charge in [0, 0.05) is 34.6 Å². The maximum absolute atomic E-state index is 5.13. The zero-order valence-corrected chi connectivity index (χ0v) is 29.3. The second-order valence-corrected chi connectivity index (χ2v) is 13.0. The zero-order valence-electron chi connectivity index (χ0n) is 29.3. The van der Waals surface area contributed by atoms with E-state index in [4.69, 9.17) is 19.9 Å². The maximum atomic E-state index is 5.13. The van der Waals surface area contributed by atoms with Gasteiger partial charge in [-0.1, -0.05) is 140 Å². The minimum atomic E-state index is 0.694. The topological polar surface area (TPSA) is 64.5 Å². The summed E-state index contributed by atoms with van der Waals surface area (Å²) in [6.07, 6.45) is 3.63. The fraction of sp³-hybridized carbons (Fsp3) is 0. The highest BCUT2D eigenvalue weighted by Crippen LogP contribution is 2.36. The van der Waals surface area contributed by atoms with Gasteiger partial charge in [0.05, 0.1) is 34.2 Å². The lowest BCUT2D eigenvalue weighted by Crippen LogP contribution is -1.96.